The first-order chi connectivity index (χ1) is 15.2. The predicted octanol–water partition coefficient (Wildman–Crippen LogP) is 4.55. The van der Waals surface area contributed by atoms with Gasteiger partial charge in [-0.1, -0.05) is 42.5 Å². The van der Waals surface area contributed by atoms with Gasteiger partial charge in [0.25, 0.3) is 5.56 Å². The summed E-state index contributed by atoms with van der Waals surface area (Å²) < 4.78 is 8.64. The molecule has 0 spiro atoms. The van der Waals surface area contributed by atoms with Gasteiger partial charge in [0.15, 0.2) is 5.82 Å². The predicted molar refractivity (Wildman–Crippen MR) is 123 cm³/mol. The summed E-state index contributed by atoms with van der Waals surface area (Å²) >= 11 is 0. The summed E-state index contributed by atoms with van der Waals surface area (Å²) in [5.41, 5.74) is 3.15. The zero-order valence-corrected chi connectivity index (χ0v) is 17.2. The molecule has 0 saturated carbocycles. The number of imidazole rings is 1. The van der Waals surface area contributed by atoms with Crippen molar-refractivity contribution in [3.05, 3.63) is 100 Å². The van der Waals surface area contributed by atoms with E-state index in [1.165, 1.54) is 0 Å². The zero-order valence-electron chi connectivity index (χ0n) is 17.2. The van der Waals surface area contributed by atoms with Gasteiger partial charge in [0.05, 0.1) is 29.0 Å². The largest absolute Gasteiger partial charge is 0.497 e. The second-order valence-electron chi connectivity index (χ2n) is 7.17. The first kappa shape index (κ1) is 18.8. The molecule has 5 aromatic rings. The van der Waals surface area contributed by atoms with E-state index in [4.69, 9.17) is 9.72 Å². The monoisotopic (exact) mass is 408 g/mol. The Hall–Kier alpha value is -4.19. The number of hydrogen-bond donors (Lipinski definition) is 0. The molecule has 0 aliphatic heterocycles. The van der Waals surface area contributed by atoms with E-state index < -0.39 is 0 Å². The molecule has 6 nitrogen and oxygen atoms in total. The molecule has 0 saturated heterocycles. The fraction of sp³-hybridized carbons (Fsp3) is 0.0800. The van der Waals surface area contributed by atoms with Crippen LogP contribution in [0.5, 0.6) is 5.75 Å². The molecular weight excluding hydrogens is 388 g/mol. The Labute approximate surface area is 178 Å². The summed E-state index contributed by atoms with van der Waals surface area (Å²) in [5.74, 6) is 2.02. The number of aromatic nitrogens is 4. The van der Waals surface area contributed by atoms with Gasteiger partial charge >= 0.3 is 0 Å². The van der Waals surface area contributed by atoms with E-state index in [9.17, 15) is 4.79 Å². The molecule has 0 fully saturated rings. The first-order valence-corrected chi connectivity index (χ1v) is 9.94. The molecule has 0 unspecified atom stereocenters. The van der Waals surface area contributed by atoms with Crippen LogP contribution in [0.3, 0.4) is 0 Å². The molecule has 0 aliphatic rings. The smallest absolute Gasteiger partial charge is 0.281 e. The Kier molecular flexibility index (Phi) is 4.59. The van der Waals surface area contributed by atoms with E-state index in [0.29, 0.717) is 22.6 Å². The van der Waals surface area contributed by atoms with Crippen LogP contribution in [0.15, 0.2) is 77.6 Å². The molecule has 6 heteroatoms. The summed E-state index contributed by atoms with van der Waals surface area (Å²) in [6, 6.07) is 22.8. The molecule has 0 aliphatic carbocycles. The van der Waals surface area contributed by atoms with Crippen LogP contribution in [0, 0.1) is 6.92 Å². The fourth-order valence-corrected chi connectivity index (χ4v) is 3.71. The lowest BCUT2D eigenvalue weighted by Gasteiger charge is -2.14. The second-order valence-corrected chi connectivity index (χ2v) is 7.17. The number of rotatable bonds is 4. The molecule has 0 radical (unpaired) electrons. The average molecular weight is 408 g/mol. The number of para-hydroxylation sites is 3. The van der Waals surface area contributed by atoms with Crippen molar-refractivity contribution in [2.24, 2.45) is 0 Å². The minimum atomic E-state index is -0.147. The average Bonchev–Trinajstić information content (AvgIpc) is 3.13. The highest BCUT2D eigenvalue weighted by atomic mass is 16.5. The second kappa shape index (κ2) is 7.57. The van der Waals surface area contributed by atoms with E-state index in [0.717, 1.165) is 22.3 Å². The van der Waals surface area contributed by atoms with Crippen molar-refractivity contribution in [2.75, 3.05) is 7.11 Å². The Balaban J connectivity index is 1.76. The van der Waals surface area contributed by atoms with Crippen LogP contribution in [0.25, 0.3) is 34.1 Å². The van der Waals surface area contributed by atoms with E-state index in [1.807, 2.05) is 90.5 Å². The number of aryl methyl sites for hydroxylation is 1. The quantitative estimate of drug-likeness (QED) is 0.438. The van der Waals surface area contributed by atoms with Crippen LogP contribution in [-0.4, -0.2) is 26.4 Å². The standard InChI is InChI=1S/C25H20N4O2/c1-17-26-22-9-5-6-10-23(22)28(17)29-24(16-13-18-11-14-19(31-2)15-12-18)27-21-8-4-3-7-20(21)25(29)30/h3-16H,1-2H3/b16-13+. The van der Waals surface area contributed by atoms with Crippen LogP contribution < -0.4 is 10.3 Å². The molecule has 3 aromatic carbocycles. The van der Waals surface area contributed by atoms with Crippen molar-refractivity contribution in [2.45, 2.75) is 6.92 Å². The van der Waals surface area contributed by atoms with Crippen molar-refractivity contribution in [1.29, 1.82) is 0 Å². The van der Waals surface area contributed by atoms with Gasteiger partial charge < -0.3 is 4.74 Å². The Morgan fingerprint density at radius 3 is 2.29 bits per heavy atom. The van der Waals surface area contributed by atoms with Gasteiger partial charge in [-0.25, -0.2) is 14.6 Å². The third-order valence-electron chi connectivity index (χ3n) is 5.22. The SMILES string of the molecule is COc1ccc(/C=C/c2nc3ccccc3c(=O)n2-n2c(C)nc3ccccc32)cc1. The van der Waals surface area contributed by atoms with Gasteiger partial charge in [-0.3, -0.25) is 4.79 Å². The third-order valence-corrected chi connectivity index (χ3v) is 5.22. The van der Waals surface area contributed by atoms with E-state index in [-0.39, 0.29) is 5.56 Å². The van der Waals surface area contributed by atoms with Gasteiger partial charge in [0, 0.05) is 0 Å². The fourth-order valence-electron chi connectivity index (χ4n) is 3.71. The molecule has 152 valence electrons. The molecule has 5 rings (SSSR count). The van der Waals surface area contributed by atoms with E-state index >= 15 is 0 Å². The molecule has 0 amide bonds. The molecule has 2 heterocycles. The molecule has 31 heavy (non-hydrogen) atoms. The lowest BCUT2D eigenvalue weighted by Crippen LogP contribution is -2.30. The molecule has 2 aromatic heterocycles. The summed E-state index contributed by atoms with van der Waals surface area (Å²) in [6.45, 7) is 1.89. The highest BCUT2D eigenvalue weighted by Gasteiger charge is 2.15. The number of ether oxygens (including phenoxy) is 1. The van der Waals surface area contributed by atoms with Crippen molar-refractivity contribution >= 4 is 34.1 Å². The number of methoxy groups -OCH3 is 1. The maximum atomic E-state index is 13.6. The third kappa shape index (κ3) is 3.28. The van der Waals surface area contributed by atoms with Gasteiger partial charge in [-0.15, -0.1) is 0 Å². The summed E-state index contributed by atoms with van der Waals surface area (Å²) in [5, 5.41) is 0.557. The van der Waals surface area contributed by atoms with Crippen LogP contribution in [0.1, 0.15) is 17.2 Å². The maximum absolute atomic E-state index is 13.6. The van der Waals surface area contributed by atoms with Gasteiger partial charge in [0.2, 0.25) is 0 Å². The van der Waals surface area contributed by atoms with E-state index in [1.54, 1.807) is 17.9 Å². The van der Waals surface area contributed by atoms with Crippen molar-refractivity contribution < 1.29 is 4.74 Å². The molecular formula is C25H20N4O2. The molecule has 0 N–H and O–H groups in total. The van der Waals surface area contributed by atoms with Crippen LogP contribution in [0.4, 0.5) is 0 Å². The zero-order chi connectivity index (χ0) is 21.4. The van der Waals surface area contributed by atoms with Gasteiger partial charge in [0.1, 0.15) is 11.6 Å². The Morgan fingerprint density at radius 1 is 0.806 bits per heavy atom. The lowest BCUT2D eigenvalue weighted by atomic mass is 10.2. The van der Waals surface area contributed by atoms with Crippen LogP contribution in [0.2, 0.25) is 0 Å². The minimum Gasteiger partial charge on any atom is -0.497 e. The highest BCUT2D eigenvalue weighted by Crippen LogP contribution is 2.19. The normalized spacial score (nSPS) is 11.5. The number of hydrogen-bond acceptors (Lipinski definition) is 4. The van der Waals surface area contributed by atoms with Crippen molar-refractivity contribution in [1.82, 2.24) is 19.3 Å². The molecule has 0 atom stereocenters. The number of benzene rings is 3. The minimum absolute atomic E-state index is 0.147. The molecule has 0 bridgehead atoms. The van der Waals surface area contributed by atoms with Gasteiger partial charge in [-0.05, 0) is 55.0 Å². The number of nitrogens with zero attached hydrogens (tertiary/aromatic N) is 4. The Bertz CT molecular complexity index is 1490. The van der Waals surface area contributed by atoms with Gasteiger partial charge in [-0.2, -0.15) is 4.68 Å². The van der Waals surface area contributed by atoms with Crippen LogP contribution in [-0.2, 0) is 0 Å². The highest BCUT2D eigenvalue weighted by molar-refractivity contribution is 5.80. The van der Waals surface area contributed by atoms with Crippen LogP contribution >= 0.6 is 0 Å². The van der Waals surface area contributed by atoms with Crippen molar-refractivity contribution in [3.63, 3.8) is 0 Å². The lowest BCUT2D eigenvalue weighted by molar-refractivity contribution is 0.415. The summed E-state index contributed by atoms with van der Waals surface area (Å²) in [6.07, 6.45) is 3.78. The van der Waals surface area contributed by atoms with E-state index in [2.05, 4.69) is 4.98 Å². The first-order valence-electron chi connectivity index (χ1n) is 9.94. The summed E-state index contributed by atoms with van der Waals surface area (Å²) in [4.78, 5) is 23.0. The topological polar surface area (TPSA) is 61.9 Å². The maximum Gasteiger partial charge on any atom is 0.281 e. The Morgan fingerprint density at radius 2 is 1.52 bits per heavy atom. The summed E-state index contributed by atoms with van der Waals surface area (Å²) in [7, 11) is 1.64. The number of fused-ring (bicyclic) bond motifs is 2. The van der Waals surface area contributed by atoms with Crippen molar-refractivity contribution in [3.8, 4) is 5.75 Å².